The predicted molar refractivity (Wildman–Crippen MR) is 39.2 cm³/mol. The van der Waals surface area contributed by atoms with Gasteiger partial charge in [0.2, 0.25) is 0 Å². The Bertz CT molecular complexity index is 130. The highest BCUT2D eigenvalue weighted by Crippen LogP contribution is 2.08. The van der Waals surface area contributed by atoms with Gasteiger partial charge in [-0.2, -0.15) is 0 Å². The van der Waals surface area contributed by atoms with Crippen LogP contribution in [0.3, 0.4) is 0 Å². The molecule has 0 aliphatic heterocycles. The van der Waals surface area contributed by atoms with Gasteiger partial charge >= 0.3 is 0 Å². The summed E-state index contributed by atoms with van der Waals surface area (Å²) in [5.74, 6) is 0.263. The molecule has 1 N–H and O–H groups in total. The standard InChI is InChI=1S/C8H14O/c1-5-7(4)8(9)6(2)3/h6,8-9H,1H2,2-4H3. The molecule has 1 heteroatoms. The average molecular weight is 126 g/mol. The molecule has 0 aliphatic rings. The van der Waals surface area contributed by atoms with E-state index in [2.05, 4.69) is 12.3 Å². The lowest BCUT2D eigenvalue weighted by Crippen LogP contribution is -2.14. The maximum absolute atomic E-state index is 9.26. The van der Waals surface area contributed by atoms with Gasteiger partial charge in [-0.05, 0) is 18.4 Å². The number of hydrogen-bond acceptors (Lipinski definition) is 1. The smallest absolute Gasteiger partial charge is 0.0843 e. The van der Waals surface area contributed by atoms with Crippen molar-refractivity contribution in [1.82, 2.24) is 0 Å². The molecule has 0 amide bonds. The molecule has 0 fully saturated rings. The molecule has 0 saturated carbocycles. The lowest BCUT2D eigenvalue weighted by Gasteiger charge is -2.12. The highest BCUT2D eigenvalue weighted by atomic mass is 16.3. The first-order valence-corrected chi connectivity index (χ1v) is 3.14. The summed E-state index contributed by atoms with van der Waals surface area (Å²) in [5.41, 5.74) is 3.49. The van der Waals surface area contributed by atoms with E-state index in [1.165, 1.54) is 0 Å². The van der Waals surface area contributed by atoms with Crippen molar-refractivity contribution in [3.05, 3.63) is 17.9 Å². The van der Waals surface area contributed by atoms with Crippen molar-refractivity contribution < 1.29 is 5.11 Å². The first-order chi connectivity index (χ1) is 4.09. The van der Waals surface area contributed by atoms with Crippen LogP contribution in [-0.4, -0.2) is 11.2 Å². The van der Waals surface area contributed by atoms with Crippen LogP contribution in [0.4, 0.5) is 0 Å². The average Bonchev–Trinajstić information content (AvgIpc) is 1.84. The van der Waals surface area contributed by atoms with Crippen molar-refractivity contribution in [2.75, 3.05) is 0 Å². The Labute approximate surface area is 56.7 Å². The van der Waals surface area contributed by atoms with Crippen molar-refractivity contribution in [2.24, 2.45) is 5.92 Å². The number of aliphatic hydroxyl groups excluding tert-OH is 1. The Kier molecular flexibility index (Phi) is 3.29. The fraction of sp³-hybridized carbons (Fsp3) is 0.625. The molecule has 0 aromatic carbocycles. The zero-order valence-electron chi connectivity index (χ0n) is 6.31. The molecule has 0 aliphatic carbocycles. The van der Waals surface area contributed by atoms with Crippen LogP contribution in [0, 0.1) is 5.92 Å². The largest absolute Gasteiger partial charge is 0.388 e. The second-order valence-electron chi connectivity index (χ2n) is 2.55. The Morgan fingerprint density at radius 1 is 1.56 bits per heavy atom. The molecule has 9 heavy (non-hydrogen) atoms. The zero-order valence-corrected chi connectivity index (χ0v) is 6.31. The van der Waals surface area contributed by atoms with Crippen LogP contribution in [0.5, 0.6) is 0 Å². The van der Waals surface area contributed by atoms with Crippen molar-refractivity contribution in [2.45, 2.75) is 26.9 Å². The maximum Gasteiger partial charge on any atom is 0.0843 e. The summed E-state index contributed by atoms with van der Waals surface area (Å²) in [5, 5.41) is 9.26. The van der Waals surface area contributed by atoms with Gasteiger partial charge in [-0.15, -0.1) is 5.73 Å². The molecule has 1 nitrogen and oxygen atoms in total. The number of aliphatic hydroxyl groups is 1. The topological polar surface area (TPSA) is 20.2 Å². The van der Waals surface area contributed by atoms with Gasteiger partial charge in [0.15, 0.2) is 0 Å². The first-order valence-electron chi connectivity index (χ1n) is 3.14. The molecule has 0 bridgehead atoms. The SMILES string of the molecule is C=C=C(C)C(O)C(C)C. The third-order valence-electron chi connectivity index (χ3n) is 1.35. The van der Waals surface area contributed by atoms with Crippen LogP contribution in [0.1, 0.15) is 20.8 Å². The highest BCUT2D eigenvalue weighted by molar-refractivity contribution is 5.02. The second-order valence-corrected chi connectivity index (χ2v) is 2.55. The summed E-state index contributed by atoms with van der Waals surface area (Å²) in [4.78, 5) is 0. The van der Waals surface area contributed by atoms with Crippen molar-refractivity contribution in [3.63, 3.8) is 0 Å². The van der Waals surface area contributed by atoms with Gasteiger partial charge in [-0.25, -0.2) is 0 Å². The van der Waals surface area contributed by atoms with Crippen LogP contribution in [0.2, 0.25) is 0 Å². The molecule has 0 radical (unpaired) electrons. The van der Waals surface area contributed by atoms with E-state index in [-0.39, 0.29) is 12.0 Å². The van der Waals surface area contributed by atoms with E-state index in [4.69, 9.17) is 0 Å². The molecular formula is C8H14O. The lowest BCUT2D eigenvalue weighted by molar-refractivity contribution is 0.160. The fourth-order valence-corrected chi connectivity index (χ4v) is 0.605. The van der Waals surface area contributed by atoms with Crippen LogP contribution in [0.15, 0.2) is 17.9 Å². The maximum atomic E-state index is 9.26. The van der Waals surface area contributed by atoms with Gasteiger partial charge < -0.3 is 5.11 Å². The van der Waals surface area contributed by atoms with Gasteiger partial charge in [-0.3, -0.25) is 0 Å². The van der Waals surface area contributed by atoms with Gasteiger partial charge in [0.25, 0.3) is 0 Å². The quantitative estimate of drug-likeness (QED) is 0.559. The van der Waals surface area contributed by atoms with Gasteiger partial charge in [0, 0.05) is 0 Å². The summed E-state index contributed by atoms with van der Waals surface area (Å²) in [6.07, 6.45) is -0.373. The van der Waals surface area contributed by atoms with Gasteiger partial charge in [0.05, 0.1) is 6.10 Å². The Morgan fingerprint density at radius 2 is 2.00 bits per heavy atom. The molecule has 0 spiro atoms. The minimum atomic E-state index is -0.373. The van der Waals surface area contributed by atoms with Crippen LogP contribution >= 0.6 is 0 Å². The minimum absolute atomic E-state index is 0.263. The van der Waals surface area contributed by atoms with E-state index in [0.29, 0.717) is 0 Å². The molecule has 0 aromatic rings. The molecule has 1 atom stereocenters. The minimum Gasteiger partial charge on any atom is -0.388 e. The Morgan fingerprint density at radius 3 is 2.11 bits per heavy atom. The van der Waals surface area contributed by atoms with Crippen molar-refractivity contribution in [3.8, 4) is 0 Å². The third kappa shape index (κ3) is 2.50. The third-order valence-corrected chi connectivity index (χ3v) is 1.35. The molecule has 0 heterocycles. The summed E-state index contributed by atoms with van der Waals surface area (Å²) >= 11 is 0. The molecule has 52 valence electrons. The van der Waals surface area contributed by atoms with Crippen LogP contribution in [-0.2, 0) is 0 Å². The van der Waals surface area contributed by atoms with Gasteiger partial charge in [-0.1, -0.05) is 20.4 Å². The molecule has 0 rings (SSSR count). The second kappa shape index (κ2) is 3.49. The van der Waals surface area contributed by atoms with E-state index in [1.807, 2.05) is 20.8 Å². The van der Waals surface area contributed by atoms with E-state index >= 15 is 0 Å². The van der Waals surface area contributed by atoms with Crippen molar-refractivity contribution in [1.29, 1.82) is 0 Å². The summed E-state index contributed by atoms with van der Waals surface area (Å²) in [7, 11) is 0. The Balaban J connectivity index is 4.04. The lowest BCUT2D eigenvalue weighted by atomic mass is 10.0. The first kappa shape index (κ1) is 8.48. The molecule has 0 aromatic heterocycles. The van der Waals surface area contributed by atoms with E-state index in [1.54, 1.807) is 0 Å². The summed E-state index contributed by atoms with van der Waals surface area (Å²) < 4.78 is 0. The predicted octanol–water partition coefficient (Wildman–Crippen LogP) is 1.73. The summed E-state index contributed by atoms with van der Waals surface area (Å²) in [6.45, 7) is 9.20. The van der Waals surface area contributed by atoms with E-state index in [9.17, 15) is 5.11 Å². The van der Waals surface area contributed by atoms with Gasteiger partial charge in [0.1, 0.15) is 0 Å². The Hall–Kier alpha value is -0.520. The fourth-order valence-electron chi connectivity index (χ4n) is 0.605. The number of hydrogen-bond donors (Lipinski definition) is 1. The summed E-state index contributed by atoms with van der Waals surface area (Å²) in [6, 6.07) is 0. The molecular weight excluding hydrogens is 112 g/mol. The monoisotopic (exact) mass is 126 g/mol. The van der Waals surface area contributed by atoms with E-state index in [0.717, 1.165) is 5.57 Å². The number of rotatable bonds is 2. The highest BCUT2D eigenvalue weighted by Gasteiger charge is 2.09. The van der Waals surface area contributed by atoms with E-state index < -0.39 is 0 Å². The van der Waals surface area contributed by atoms with Crippen LogP contribution < -0.4 is 0 Å². The zero-order chi connectivity index (χ0) is 7.44. The van der Waals surface area contributed by atoms with Crippen LogP contribution in [0.25, 0.3) is 0 Å². The molecule has 1 unspecified atom stereocenters. The van der Waals surface area contributed by atoms with Crippen molar-refractivity contribution >= 4 is 0 Å². The normalized spacial score (nSPS) is 13.0. The molecule has 0 saturated heterocycles.